The molecule has 2 aliphatic rings. The molecule has 2 aromatic carbocycles. The summed E-state index contributed by atoms with van der Waals surface area (Å²) in [7, 11) is 0. The van der Waals surface area contributed by atoms with Crippen LogP contribution in [-0.4, -0.2) is 45.2 Å². The summed E-state index contributed by atoms with van der Waals surface area (Å²) in [6, 6.07) is 18.2. The first-order valence-corrected chi connectivity index (χ1v) is 12.3. The first-order valence-electron chi connectivity index (χ1n) is 11.1. The van der Waals surface area contributed by atoms with Crippen LogP contribution < -0.4 is 9.47 Å². The lowest BCUT2D eigenvalue weighted by Crippen LogP contribution is -2.35. The topological polar surface area (TPSA) is 100 Å². The van der Waals surface area contributed by atoms with E-state index in [-0.39, 0.29) is 11.4 Å². The van der Waals surface area contributed by atoms with Crippen LogP contribution in [0, 0.1) is 5.41 Å². The number of amides is 1. The van der Waals surface area contributed by atoms with E-state index in [0.29, 0.717) is 34.2 Å². The number of aliphatic imine (C=N–C) groups is 1. The maximum absolute atomic E-state index is 12.6. The lowest BCUT2D eigenvalue weighted by molar-refractivity contribution is -0.114. The monoisotopic (exact) mass is 517 g/mol. The van der Waals surface area contributed by atoms with Gasteiger partial charge in [0.05, 0.1) is 18.8 Å². The molecule has 1 aromatic heterocycles. The Hall–Kier alpha value is -3.95. The second-order valence-electron chi connectivity index (χ2n) is 7.74. The number of ether oxygens (including phenoxy) is 2. The van der Waals surface area contributed by atoms with Crippen molar-refractivity contribution in [1.82, 2.24) is 9.99 Å². The zero-order valence-electron chi connectivity index (χ0n) is 18.9. The fourth-order valence-corrected chi connectivity index (χ4v) is 4.40. The summed E-state index contributed by atoms with van der Waals surface area (Å²) in [6.45, 7) is 1.02. The number of carbonyl (C=O) groups is 1. The number of hydrogen-bond acceptors (Lipinski definition) is 7. The van der Waals surface area contributed by atoms with Crippen LogP contribution in [0.25, 0.3) is 6.08 Å². The quantitative estimate of drug-likeness (QED) is 0.323. The van der Waals surface area contributed by atoms with E-state index < -0.39 is 5.91 Å². The van der Waals surface area contributed by atoms with Crippen LogP contribution in [0.5, 0.6) is 11.5 Å². The Labute approximate surface area is 216 Å². The van der Waals surface area contributed by atoms with Gasteiger partial charge in [-0.15, -0.1) is 0 Å². The van der Waals surface area contributed by atoms with E-state index >= 15 is 0 Å². The van der Waals surface area contributed by atoms with Crippen LogP contribution in [0.3, 0.4) is 0 Å². The lowest BCUT2D eigenvalue weighted by Gasteiger charge is -2.20. The number of hydrazone groups is 1. The van der Waals surface area contributed by atoms with Crippen molar-refractivity contribution >= 4 is 51.4 Å². The molecule has 5 rings (SSSR count). The number of nitrogens with one attached hydrogen (secondary N) is 1. The summed E-state index contributed by atoms with van der Waals surface area (Å²) in [5.74, 6) is 0.984. The molecular weight excluding hydrogens is 498 g/mol. The number of pyridine rings is 1. The predicted octanol–water partition coefficient (Wildman–Crippen LogP) is 5.25. The van der Waals surface area contributed by atoms with Crippen molar-refractivity contribution < 1.29 is 14.3 Å². The molecule has 0 radical (unpaired) electrons. The van der Waals surface area contributed by atoms with Gasteiger partial charge >= 0.3 is 0 Å². The molecule has 2 aliphatic heterocycles. The first kappa shape index (κ1) is 23.8. The molecule has 36 heavy (non-hydrogen) atoms. The highest BCUT2D eigenvalue weighted by Gasteiger charge is 2.36. The number of nitrogens with zero attached hydrogens (tertiary/aromatic N) is 4. The summed E-state index contributed by atoms with van der Waals surface area (Å²) in [5.41, 5.74) is 1.73. The third-order valence-electron chi connectivity index (χ3n) is 5.19. The Kier molecular flexibility index (Phi) is 7.11. The molecule has 0 fully saturated rings. The average Bonchev–Trinajstić information content (AvgIpc) is 3.33. The van der Waals surface area contributed by atoms with Crippen molar-refractivity contribution in [2.24, 2.45) is 10.1 Å². The van der Waals surface area contributed by atoms with Crippen LogP contribution >= 0.6 is 23.4 Å². The number of benzene rings is 2. The van der Waals surface area contributed by atoms with E-state index in [1.54, 1.807) is 30.6 Å². The van der Waals surface area contributed by atoms with Crippen LogP contribution in [0.1, 0.15) is 17.5 Å². The summed E-state index contributed by atoms with van der Waals surface area (Å²) >= 11 is 7.11. The number of hydrogen-bond donors (Lipinski definition) is 1. The number of carbonyl (C=O) groups excluding carboxylic acids is 1. The van der Waals surface area contributed by atoms with Crippen molar-refractivity contribution in [1.29, 1.82) is 5.41 Å². The van der Waals surface area contributed by atoms with Crippen molar-refractivity contribution in [2.75, 3.05) is 13.2 Å². The highest BCUT2D eigenvalue weighted by molar-refractivity contribution is 8.27. The van der Waals surface area contributed by atoms with E-state index in [0.717, 1.165) is 23.3 Å². The maximum Gasteiger partial charge on any atom is 0.283 e. The first-order chi connectivity index (χ1) is 17.6. The van der Waals surface area contributed by atoms with Gasteiger partial charge < -0.3 is 9.47 Å². The van der Waals surface area contributed by atoms with Crippen LogP contribution in [0.15, 0.2) is 88.7 Å². The SMILES string of the molecule is N=C1/C(=C/c2ccc(OCCCOc3ccc(Cl)cc3)cc2)C(=O)N=C2SC(c3cccnc3)=NN12. The average molecular weight is 518 g/mol. The summed E-state index contributed by atoms with van der Waals surface area (Å²) in [4.78, 5) is 20.9. The zero-order valence-corrected chi connectivity index (χ0v) is 20.5. The zero-order chi connectivity index (χ0) is 24.9. The normalized spacial score (nSPS) is 16.0. The largest absolute Gasteiger partial charge is 0.493 e. The third kappa shape index (κ3) is 5.48. The fraction of sp³-hybridized carbons (Fsp3) is 0.115. The third-order valence-corrected chi connectivity index (χ3v) is 6.40. The Morgan fingerprint density at radius 1 is 1.00 bits per heavy atom. The molecule has 1 amide bonds. The summed E-state index contributed by atoms with van der Waals surface area (Å²) in [6.07, 6.45) is 5.71. The maximum atomic E-state index is 12.6. The standard InChI is InChI=1S/C26H20ClN5O3S/c27-19-6-10-21(11-7-19)35-14-2-13-34-20-8-4-17(5-9-20)15-22-23(28)32-26(30-24(22)33)36-25(31-32)18-3-1-12-29-16-18/h1,3-12,15-16,28H,2,13-14H2/b22-15-,28-23?. The van der Waals surface area contributed by atoms with E-state index in [4.69, 9.17) is 26.5 Å². The van der Waals surface area contributed by atoms with Gasteiger partial charge in [0.2, 0.25) is 5.17 Å². The summed E-state index contributed by atoms with van der Waals surface area (Å²) < 4.78 is 11.4. The van der Waals surface area contributed by atoms with Gasteiger partial charge in [-0.2, -0.15) is 15.1 Å². The Morgan fingerprint density at radius 2 is 1.69 bits per heavy atom. The molecule has 0 aliphatic carbocycles. The molecule has 0 saturated carbocycles. The second-order valence-corrected chi connectivity index (χ2v) is 9.13. The minimum Gasteiger partial charge on any atom is -0.493 e. The highest BCUT2D eigenvalue weighted by atomic mass is 35.5. The Bertz CT molecular complexity index is 1370. The van der Waals surface area contributed by atoms with Crippen molar-refractivity contribution in [2.45, 2.75) is 6.42 Å². The molecule has 10 heteroatoms. The van der Waals surface area contributed by atoms with Gasteiger partial charge in [0.25, 0.3) is 5.91 Å². The van der Waals surface area contributed by atoms with Gasteiger partial charge in [0, 0.05) is 29.4 Å². The van der Waals surface area contributed by atoms with E-state index in [1.165, 1.54) is 16.8 Å². The van der Waals surface area contributed by atoms with Gasteiger partial charge in [0.15, 0.2) is 5.84 Å². The highest BCUT2D eigenvalue weighted by Crippen LogP contribution is 2.30. The van der Waals surface area contributed by atoms with Crippen LogP contribution in [0.2, 0.25) is 5.02 Å². The number of amidine groups is 2. The van der Waals surface area contributed by atoms with E-state index in [2.05, 4.69) is 15.1 Å². The number of halogens is 1. The number of aromatic nitrogens is 1. The molecule has 8 nitrogen and oxygen atoms in total. The van der Waals surface area contributed by atoms with Crippen molar-refractivity contribution in [3.63, 3.8) is 0 Å². The van der Waals surface area contributed by atoms with Gasteiger partial charge in [-0.3, -0.25) is 15.2 Å². The molecule has 0 spiro atoms. The molecule has 0 saturated heterocycles. The molecule has 1 N–H and O–H groups in total. The second kappa shape index (κ2) is 10.8. The Morgan fingerprint density at radius 3 is 2.36 bits per heavy atom. The molecular formula is C26H20ClN5O3S. The predicted molar refractivity (Wildman–Crippen MR) is 142 cm³/mol. The summed E-state index contributed by atoms with van der Waals surface area (Å²) in [5, 5.41) is 16.0. The molecule has 3 aromatic rings. The van der Waals surface area contributed by atoms with Crippen LogP contribution in [0.4, 0.5) is 0 Å². The minimum absolute atomic E-state index is 0.0163. The van der Waals surface area contributed by atoms with Gasteiger partial charge in [-0.05, 0) is 71.9 Å². The molecule has 3 heterocycles. The van der Waals surface area contributed by atoms with Gasteiger partial charge in [-0.1, -0.05) is 23.7 Å². The van der Waals surface area contributed by atoms with E-state index in [1.807, 2.05) is 48.5 Å². The molecule has 0 atom stereocenters. The van der Waals surface area contributed by atoms with Crippen molar-refractivity contribution in [3.05, 3.63) is 94.8 Å². The number of thioether (sulfide) groups is 1. The number of fused-ring (bicyclic) bond motifs is 1. The Balaban J connectivity index is 1.17. The van der Waals surface area contributed by atoms with Gasteiger partial charge in [-0.25, -0.2) is 0 Å². The van der Waals surface area contributed by atoms with Gasteiger partial charge in [0.1, 0.15) is 16.5 Å². The molecule has 180 valence electrons. The van der Waals surface area contributed by atoms with E-state index in [9.17, 15) is 4.79 Å². The molecule has 0 unspecified atom stereocenters. The lowest BCUT2D eigenvalue weighted by atomic mass is 10.1. The number of rotatable bonds is 8. The smallest absolute Gasteiger partial charge is 0.283 e. The molecule has 0 bridgehead atoms. The fourth-order valence-electron chi connectivity index (χ4n) is 3.39. The van der Waals surface area contributed by atoms with Crippen molar-refractivity contribution in [3.8, 4) is 11.5 Å². The van der Waals surface area contributed by atoms with Crippen LogP contribution in [-0.2, 0) is 4.79 Å². The minimum atomic E-state index is -0.470.